The average molecular weight is 445 g/mol. The molecule has 1 aromatic heterocycles. The Bertz CT molecular complexity index is 1070. The molecule has 2 N–H and O–H groups in total. The number of phenols is 1. The fourth-order valence-corrected chi connectivity index (χ4v) is 4.15. The molecule has 0 spiro atoms. The van der Waals surface area contributed by atoms with Gasteiger partial charge < -0.3 is 19.9 Å². The van der Waals surface area contributed by atoms with Gasteiger partial charge in [0, 0.05) is 22.6 Å². The van der Waals surface area contributed by atoms with Crippen LogP contribution < -0.4 is 14.8 Å². The van der Waals surface area contributed by atoms with Gasteiger partial charge in [0.1, 0.15) is 0 Å². The Hall–Kier alpha value is -2.71. The molecule has 0 saturated heterocycles. The Labute approximate surface area is 183 Å². The van der Waals surface area contributed by atoms with Crippen LogP contribution in [-0.2, 0) is 0 Å². The number of rotatable bonds is 6. The number of ether oxygens (including phenoxy) is 2. The molecule has 0 amide bonds. The van der Waals surface area contributed by atoms with Crippen molar-refractivity contribution in [1.82, 2.24) is 15.2 Å². The van der Waals surface area contributed by atoms with Gasteiger partial charge in [0.15, 0.2) is 23.4 Å². The van der Waals surface area contributed by atoms with Crippen LogP contribution in [0.5, 0.6) is 17.4 Å². The average Bonchev–Trinajstić information content (AvgIpc) is 2.92. The Morgan fingerprint density at radius 2 is 2.10 bits per heavy atom. The lowest BCUT2D eigenvalue weighted by Gasteiger charge is -2.20. The second-order valence-corrected chi connectivity index (χ2v) is 8.16. The summed E-state index contributed by atoms with van der Waals surface area (Å²) in [4.78, 5) is 4.62. The molecule has 0 saturated carbocycles. The molecule has 0 fully saturated rings. The topological polar surface area (TPSA) is 89.4 Å². The number of fused-ring (bicyclic) bond motifs is 3. The standard InChI is InChI=1S/C21H21ClN4O3S/c1-3-4-9-30-21-24-20-17(25-26-21)13-7-5-6-8-15(13)23-19(29-20)12-10-14(22)18(27)16(11-12)28-2/h5-8,10-11,19,23,27H,3-4,9H2,1-2H3/t19-/m1/s1. The number of para-hydroxylation sites is 1. The summed E-state index contributed by atoms with van der Waals surface area (Å²) in [5.41, 5.74) is 2.91. The fourth-order valence-electron chi connectivity index (χ4n) is 3.07. The molecule has 1 aliphatic rings. The molecule has 30 heavy (non-hydrogen) atoms. The molecule has 3 aromatic rings. The Kier molecular flexibility index (Phi) is 6.15. The molecule has 7 nitrogen and oxygen atoms in total. The zero-order valence-electron chi connectivity index (χ0n) is 16.6. The summed E-state index contributed by atoms with van der Waals surface area (Å²) in [6.07, 6.45) is 1.56. The van der Waals surface area contributed by atoms with Crippen molar-refractivity contribution < 1.29 is 14.6 Å². The Morgan fingerprint density at radius 3 is 2.90 bits per heavy atom. The van der Waals surface area contributed by atoms with Crippen LogP contribution in [0.25, 0.3) is 11.3 Å². The molecule has 2 heterocycles. The number of hydrogen-bond acceptors (Lipinski definition) is 8. The van der Waals surface area contributed by atoms with Gasteiger partial charge in [-0.1, -0.05) is 54.9 Å². The quantitative estimate of drug-likeness (QED) is 0.391. The zero-order chi connectivity index (χ0) is 21.1. The second-order valence-electron chi connectivity index (χ2n) is 6.69. The number of thioether (sulfide) groups is 1. The van der Waals surface area contributed by atoms with E-state index in [-0.39, 0.29) is 16.5 Å². The molecule has 9 heteroatoms. The largest absolute Gasteiger partial charge is 0.503 e. The molecule has 0 radical (unpaired) electrons. The molecule has 0 aliphatic carbocycles. The van der Waals surface area contributed by atoms with Gasteiger partial charge >= 0.3 is 0 Å². The summed E-state index contributed by atoms with van der Waals surface area (Å²) in [6.45, 7) is 2.14. The van der Waals surface area contributed by atoms with Gasteiger partial charge in [-0.25, -0.2) is 0 Å². The number of anilines is 1. The summed E-state index contributed by atoms with van der Waals surface area (Å²) < 4.78 is 11.5. The van der Waals surface area contributed by atoms with Crippen LogP contribution in [0.3, 0.4) is 0 Å². The maximum Gasteiger partial charge on any atom is 0.247 e. The highest BCUT2D eigenvalue weighted by molar-refractivity contribution is 7.99. The van der Waals surface area contributed by atoms with E-state index in [1.807, 2.05) is 24.3 Å². The van der Waals surface area contributed by atoms with E-state index in [0.29, 0.717) is 22.3 Å². The summed E-state index contributed by atoms with van der Waals surface area (Å²) in [5.74, 6) is 1.45. The van der Waals surface area contributed by atoms with Crippen molar-refractivity contribution in [3.05, 3.63) is 47.0 Å². The number of methoxy groups -OCH3 is 1. The van der Waals surface area contributed by atoms with E-state index in [1.54, 1.807) is 23.9 Å². The van der Waals surface area contributed by atoms with Gasteiger partial charge in [-0.3, -0.25) is 0 Å². The fraction of sp³-hybridized carbons (Fsp3) is 0.286. The lowest BCUT2D eigenvalue weighted by molar-refractivity contribution is 0.224. The number of benzene rings is 2. The Balaban J connectivity index is 1.77. The van der Waals surface area contributed by atoms with E-state index in [2.05, 4.69) is 27.4 Å². The number of aromatic nitrogens is 3. The first-order valence-corrected chi connectivity index (χ1v) is 10.9. The van der Waals surface area contributed by atoms with Gasteiger partial charge in [-0.2, -0.15) is 4.98 Å². The number of nitrogens with zero attached hydrogens (tertiary/aromatic N) is 3. The van der Waals surface area contributed by atoms with Crippen molar-refractivity contribution in [2.24, 2.45) is 0 Å². The lowest BCUT2D eigenvalue weighted by atomic mass is 10.1. The second kappa shape index (κ2) is 8.97. The number of nitrogens with one attached hydrogen (secondary N) is 1. The molecule has 2 aromatic carbocycles. The summed E-state index contributed by atoms with van der Waals surface area (Å²) in [5, 5.41) is 22.9. The molecular weight excluding hydrogens is 424 g/mol. The van der Waals surface area contributed by atoms with E-state index in [0.717, 1.165) is 29.8 Å². The summed E-state index contributed by atoms with van der Waals surface area (Å²) in [7, 11) is 1.47. The van der Waals surface area contributed by atoms with E-state index in [9.17, 15) is 5.11 Å². The molecule has 0 bridgehead atoms. The highest BCUT2D eigenvalue weighted by Crippen LogP contribution is 2.42. The summed E-state index contributed by atoms with van der Waals surface area (Å²) >= 11 is 7.75. The lowest BCUT2D eigenvalue weighted by Crippen LogP contribution is -2.17. The zero-order valence-corrected chi connectivity index (χ0v) is 18.1. The predicted molar refractivity (Wildman–Crippen MR) is 118 cm³/mol. The van der Waals surface area contributed by atoms with Gasteiger partial charge in [0.2, 0.25) is 11.0 Å². The third kappa shape index (κ3) is 4.11. The van der Waals surface area contributed by atoms with Crippen LogP contribution in [0, 0.1) is 0 Å². The normalized spacial score (nSPS) is 14.7. The molecule has 1 atom stereocenters. The van der Waals surface area contributed by atoms with Gasteiger partial charge in [0.25, 0.3) is 0 Å². The minimum absolute atomic E-state index is 0.115. The van der Waals surface area contributed by atoms with Crippen molar-refractivity contribution in [1.29, 1.82) is 0 Å². The van der Waals surface area contributed by atoms with E-state index in [4.69, 9.17) is 21.1 Å². The number of hydrogen-bond donors (Lipinski definition) is 2. The van der Waals surface area contributed by atoms with Crippen LogP contribution in [0.4, 0.5) is 5.69 Å². The third-order valence-electron chi connectivity index (χ3n) is 4.64. The number of phenolic OH excluding ortho intramolecular Hbond substituents is 1. The van der Waals surface area contributed by atoms with E-state index < -0.39 is 6.23 Å². The number of unbranched alkanes of at least 4 members (excludes halogenated alkanes) is 1. The smallest absolute Gasteiger partial charge is 0.247 e. The van der Waals surface area contributed by atoms with Crippen molar-refractivity contribution >= 4 is 29.1 Å². The van der Waals surface area contributed by atoms with E-state index >= 15 is 0 Å². The van der Waals surface area contributed by atoms with Gasteiger partial charge in [0.05, 0.1) is 12.1 Å². The molecule has 4 rings (SSSR count). The van der Waals surface area contributed by atoms with Gasteiger partial charge in [-0.05, 0) is 24.6 Å². The van der Waals surface area contributed by atoms with Crippen LogP contribution in [0.2, 0.25) is 5.02 Å². The third-order valence-corrected chi connectivity index (χ3v) is 5.85. The minimum Gasteiger partial charge on any atom is -0.503 e. The molecule has 0 unspecified atom stereocenters. The Morgan fingerprint density at radius 1 is 1.27 bits per heavy atom. The predicted octanol–water partition coefficient (Wildman–Crippen LogP) is 5.30. The summed E-state index contributed by atoms with van der Waals surface area (Å²) in [6, 6.07) is 11.0. The van der Waals surface area contributed by atoms with Crippen LogP contribution in [0.1, 0.15) is 31.6 Å². The first-order valence-electron chi connectivity index (χ1n) is 9.57. The maximum atomic E-state index is 10.1. The minimum atomic E-state index is -0.621. The van der Waals surface area contributed by atoms with Crippen molar-refractivity contribution in [2.75, 3.05) is 18.2 Å². The van der Waals surface area contributed by atoms with E-state index in [1.165, 1.54) is 7.11 Å². The molecular formula is C21H21ClN4O3S. The maximum absolute atomic E-state index is 10.1. The van der Waals surface area contributed by atoms with Crippen LogP contribution >= 0.6 is 23.4 Å². The first-order chi connectivity index (χ1) is 14.6. The highest BCUT2D eigenvalue weighted by Gasteiger charge is 2.27. The monoisotopic (exact) mass is 444 g/mol. The molecule has 156 valence electrons. The number of halogens is 1. The van der Waals surface area contributed by atoms with Gasteiger partial charge in [-0.15, -0.1) is 10.2 Å². The highest BCUT2D eigenvalue weighted by atomic mass is 35.5. The van der Waals surface area contributed by atoms with Crippen molar-refractivity contribution in [2.45, 2.75) is 31.1 Å². The first kappa shape index (κ1) is 20.6. The van der Waals surface area contributed by atoms with Crippen molar-refractivity contribution in [3.8, 4) is 28.6 Å². The van der Waals surface area contributed by atoms with Crippen molar-refractivity contribution in [3.63, 3.8) is 0 Å². The van der Waals surface area contributed by atoms with Crippen LogP contribution in [-0.4, -0.2) is 33.2 Å². The molecule has 1 aliphatic heterocycles. The SMILES string of the molecule is CCCCSc1nnc2c(n1)O[C@H](c1cc(Cl)c(O)c(OC)c1)Nc1ccccc1-2. The van der Waals surface area contributed by atoms with Crippen LogP contribution in [0.15, 0.2) is 41.6 Å². The number of aromatic hydroxyl groups is 1.